The fraction of sp³-hybridized carbons (Fsp3) is 0.562. The lowest BCUT2D eigenvalue weighted by molar-refractivity contribution is -0.122. The minimum atomic E-state index is -1.21. The van der Waals surface area contributed by atoms with Crippen molar-refractivity contribution in [3.05, 3.63) is 24.3 Å². The zero-order valence-electron chi connectivity index (χ0n) is 12.1. The molecule has 0 radical (unpaired) electrons. The number of hydrogen-bond donors (Lipinski definition) is 0. The molecular weight excluding hydrogens is 289 g/mol. The summed E-state index contributed by atoms with van der Waals surface area (Å²) in [7, 11) is 2.14. The number of hydrogen-bond acceptors (Lipinski definition) is 4. The van der Waals surface area contributed by atoms with Crippen LogP contribution in [-0.2, 0) is 4.79 Å². The van der Waals surface area contributed by atoms with Gasteiger partial charge in [0.15, 0.2) is 0 Å². The molecule has 1 saturated heterocycles. The van der Waals surface area contributed by atoms with Gasteiger partial charge in [-0.05, 0) is 56.2 Å². The number of likely N-dealkylation sites (tertiary alicyclic amines) is 1. The van der Waals surface area contributed by atoms with E-state index in [0.29, 0.717) is 17.6 Å². The van der Waals surface area contributed by atoms with E-state index in [9.17, 15) is 9.18 Å². The van der Waals surface area contributed by atoms with E-state index in [0.717, 1.165) is 41.8 Å². The highest BCUT2D eigenvalue weighted by molar-refractivity contribution is 8.00. The van der Waals surface area contributed by atoms with Crippen LogP contribution in [0.15, 0.2) is 29.2 Å². The van der Waals surface area contributed by atoms with Crippen LogP contribution in [0.25, 0.3) is 0 Å². The van der Waals surface area contributed by atoms with E-state index in [1.54, 1.807) is 6.07 Å². The van der Waals surface area contributed by atoms with Crippen LogP contribution >= 0.6 is 11.8 Å². The van der Waals surface area contributed by atoms with Crippen molar-refractivity contribution in [2.45, 2.75) is 42.3 Å². The summed E-state index contributed by atoms with van der Waals surface area (Å²) in [6, 6.07) is 7.91. The summed E-state index contributed by atoms with van der Waals surface area (Å²) < 4.78 is 17.3. The van der Waals surface area contributed by atoms with Crippen LogP contribution in [0, 0.1) is 5.92 Å². The predicted molar refractivity (Wildman–Crippen MR) is 81.2 cm³/mol. The Balaban J connectivity index is 0.000000126. The van der Waals surface area contributed by atoms with Gasteiger partial charge in [-0.25, -0.2) is 0 Å². The Hall–Kier alpha value is -1.07. The average Bonchev–Trinajstić information content (AvgIpc) is 3.02. The normalized spacial score (nSPS) is 31.0. The molecule has 2 heterocycles. The van der Waals surface area contributed by atoms with Crippen molar-refractivity contribution in [3.63, 3.8) is 0 Å². The van der Waals surface area contributed by atoms with Gasteiger partial charge in [-0.1, -0.05) is 12.1 Å². The quantitative estimate of drug-likeness (QED) is 0.734. The molecule has 1 aromatic carbocycles. The number of para-hydroxylation sites is 1. The Morgan fingerprint density at radius 1 is 1.33 bits per heavy atom. The van der Waals surface area contributed by atoms with Gasteiger partial charge in [0, 0.05) is 18.9 Å². The second-order valence-electron chi connectivity index (χ2n) is 5.84. The van der Waals surface area contributed by atoms with Crippen molar-refractivity contribution in [2.24, 2.45) is 5.92 Å². The van der Waals surface area contributed by atoms with Crippen molar-refractivity contribution < 1.29 is 13.9 Å². The first-order valence-corrected chi connectivity index (χ1v) is 8.30. The van der Waals surface area contributed by atoms with Crippen LogP contribution in [0.1, 0.15) is 25.7 Å². The molecule has 0 N–H and O–H groups in total. The second kappa shape index (κ2) is 6.36. The molecule has 4 rings (SSSR count). The lowest BCUT2D eigenvalue weighted by Crippen LogP contribution is -2.35. The Morgan fingerprint density at radius 2 is 2.14 bits per heavy atom. The Labute approximate surface area is 128 Å². The number of ketones is 1. The molecule has 3 atom stereocenters. The van der Waals surface area contributed by atoms with E-state index >= 15 is 0 Å². The monoisotopic (exact) mass is 309 g/mol. The van der Waals surface area contributed by atoms with Gasteiger partial charge in [0.1, 0.15) is 11.5 Å². The fourth-order valence-corrected chi connectivity index (χ4v) is 4.04. The molecule has 0 bridgehead atoms. The number of halogens is 1. The molecule has 0 amide bonds. The van der Waals surface area contributed by atoms with Gasteiger partial charge in [-0.15, -0.1) is 0 Å². The highest BCUT2D eigenvalue weighted by Gasteiger charge is 2.36. The number of nitrogens with zero attached hydrogens (tertiary/aromatic N) is 1. The molecule has 114 valence electrons. The summed E-state index contributed by atoms with van der Waals surface area (Å²) in [6.45, 7) is 1.20. The molecule has 1 aliphatic carbocycles. The maximum absolute atomic E-state index is 12.5. The van der Waals surface area contributed by atoms with Gasteiger partial charge in [0.05, 0.1) is 4.90 Å². The van der Waals surface area contributed by atoms with Gasteiger partial charge < -0.3 is 9.64 Å². The highest BCUT2D eigenvalue weighted by Crippen LogP contribution is 2.40. The van der Waals surface area contributed by atoms with E-state index in [1.165, 1.54) is 13.0 Å². The van der Waals surface area contributed by atoms with Crippen LogP contribution in [0.4, 0.5) is 4.39 Å². The molecule has 3 nitrogen and oxygen atoms in total. The summed E-state index contributed by atoms with van der Waals surface area (Å²) >= 11 is 1.10. The molecule has 1 saturated carbocycles. The minimum Gasteiger partial charge on any atom is -0.450 e. The van der Waals surface area contributed by atoms with E-state index in [4.69, 9.17) is 4.74 Å². The maximum atomic E-state index is 12.5. The Kier molecular flexibility index (Phi) is 4.50. The molecule has 3 aliphatic rings. The van der Waals surface area contributed by atoms with Crippen LogP contribution < -0.4 is 4.74 Å². The highest BCUT2D eigenvalue weighted by atomic mass is 32.2. The number of rotatable bonds is 0. The third kappa shape index (κ3) is 3.40. The molecule has 21 heavy (non-hydrogen) atoms. The number of benzene rings is 1. The summed E-state index contributed by atoms with van der Waals surface area (Å²) in [4.78, 5) is 14.4. The first-order valence-electron chi connectivity index (χ1n) is 7.42. The van der Waals surface area contributed by atoms with Crippen molar-refractivity contribution in [1.29, 1.82) is 0 Å². The molecule has 0 spiro atoms. The number of alkyl halides is 1. The third-order valence-corrected chi connectivity index (χ3v) is 5.35. The number of carbonyl (C=O) groups excluding carboxylic acids is 1. The lowest BCUT2D eigenvalue weighted by Gasteiger charge is -2.28. The third-order valence-electron chi connectivity index (χ3n) is 4.48. The van der Waals surface area contributed by atoms with Gasteiger partial charge in [0.2, 0.25) is 0 Å². The second-order valence-corrected chi connectivity index (χ2v) is 6.88. The van der Waals surface area contributed by atoms with Gasteiger partial charge in [-0.2, -0.15) is 4.39 Å². The van der Waals surface area contributed by atoms with E-state index in [2.05, 4.69) is 11.9 Å². The first kappa shape index (κ1) is 14.9. The molecular formula is C16H20FNO2S. The van der Waals surface area contributed by atoms with Crippen molar-refractivity contribution in [2.75, 3.05) is 13.6 Å². The summed E-state index contributed by atoms with van der Waals surface area (Å²) in [6.07, 6.45) is 4.12. The average molecular weight is 309 g/mol. The predicted octanol–water partition coefficient (Wildman–Crippen LogP) is 3.48. The van der Waals surface area contributed by atoms with Crippen LogP contribution in [0.3, 0.4) is 0 Å². The number of thioether (sulfide) groups is 1. The summed E-state index contributed by atoms with van der Waals surface area (Å²) in [5.74, 6) is 1.96. The first-order chi connectivity index (χ1) is 10.1. The molecule has 1 aromatic rings. The maximum Gasteiger partial charge on any atom is 0.291 e. The smallest absolute Gasteiger partial charge is 0.291 e. The largest absolute Gasteiger partial charge is 0.450 e. The lowest BCUT2D eigenvalue weighted by atomic mass is 9.84. The Bertz CT molecular complexity index is 500. The minimum absolute atomic E-state index is 0.472. The number of fused-ring (bicyclic) bond motifs is 2. The van der Waals surface area contributed by atoms with Crippen molar-refractivity contribution in [1.82, 2.24) is 4.90 Å². The number of carbonyl (C=O) groups is 1. The van der Waals surface area contributed by atoms with E-state index in [-0.39, 0.29) is 0 Å². The molecule has 3 unspecified atom stereocenters. The van der Waals surface area contributed by atoms with Crippen molar-refractivity contribution >= 4 is 17.5 Å². The Morgan fingerprint density at radius 3 is 2.95 bits per heavy atom. The summed E-state index contributed by atoms with van der Waals surface area (Å²) in [5.41, 5.74) is -1.21. The van der Waals surface area contributed by atoms with Crippen LogP contribution in [0.5, 0.6) is 5.75 Å². The van der Waals surface area contributed by atoms with Crippen LogP contribution in [0.2, 0.25) is 0 Å². The van der Waals surface area contributed by atoms with Gasteiger partial charge in [0.25, 0.3) is 5.69 Å². The van der Waals surface area contributed by atoms with E-state index < -0.39 is 5.69 Å². The van der Waals surface area contributed by atoms with Crippen LogP contribution in [-0.4, -0.2) is 36.0 Å². The fourth-order valence-electron chi connectivity index (χ4n) is 3.30. The number of ether oxygens (including phenoxy) is 1. The van der Waals surface area contributed by atoms with Gasteiger partial charge in [-0.3, -0.25) is 4.79 Å². The molecule has 0 aromatic heterocycles. The summed E-state index contributed by atoms with van der Waals surface area (Å²) in [5, 5.41) is 0. The molecule has 2 fully saturated rings. The van der Waals surface area contributed by atoms with Gasteiger partial charge >= 0.3 is 0 Å². The van der Waals surface area contributed by atoms with Crippen molar-refractivity contribution in [3.8, 4) is 5.75 Å². The SMILES string of the molecule is CN1CCC2CCC(=O)CC21.FC1Oc2ccccc2S1. The number of Topliss-reactive ketones (excluding diaryl/α,β-unsaturated/α-hetero) is 1. The topological polar surface area (TPSA) is 29.5 Å². The standard InChI is InChI=1S/C9H15NO.C7H5FOS/c1-10-5-4-7-2-3-8(11)6-9(7)10;8-7-9-5-3-1-2-4-6(5)10-7/h7,9H,2-6H2,1H3;1-4,7H. The zero-order chi connectivity index (χ0) is 14.8. The van der Waals surface area contributed by atoms with E-state index in [1.807, 2.05) is 18.2 Å². The molecule has 5 heteroatoms. The zero-order valence-corrected chi connectivity index (χ0v) is 12.9. The molecule has 2 aliphatic heterocycles.